The smallest absolute Gasteiger partial charge is 0.292 e. The van der Waals surface area contributed by atoms with Crippen LogP contribution >= 0.6 is 0 Å². The predicted molar refractivity (Wildman–Crippen MR) is 162 cm³/mol. The molecule has 2 aliphatic rings. The van der Waals surface area contributed by atoms with Gasteiger partial charge in [-0.25, -0.2) is 4.98 Å². The number of rotatable bonds is 5. The van der Waals surface area contributed by atoms with Crippen LogP contribution in [-0.4, -0.2) is 73.2 Å². The third-order valence-corrected chi connectivity index (χ3v) is 9.03. The number of aromatic nitrogens is 9. The van der Waals surface area contributed by atoms with E-state index in [0.717, 1.165) is 46.1 Å². The first-order chi connectivity index (χ1) is 21.4. The Morgan fingerprint density at radius 2 is 1.84 bits per heavy atom. The summed E-state index contributed by atoms with van der Waals surface area (Å²) in [5, 5.41) is 17.7. The molecule has 6 aromatic rings. The zero-order valence-electron chi connectivity index (χ0n) is 24.2. The number of carbonyl (C=O) groups is 2. The summed E-state index contributed by atoms with van der Waals surface area (Å²) >= 11 is 0. The molecule has 1 aromatic carbocycles. The number of hydrogen-bond acceptors (Lipinski definition) is 9. The lowest BCUT2D eigenvalue weighted by Gasteiger charge is -2.38. The number of anilines is 1. The van der Waals surface area contributed by atoms with E-state index in [0.29, 0.717) is 29.7 Å². The Bertz CT molecular complexity index is 2060. The van der Waals surface area contributed by atoms with E-state index >= 15 is 0 Å². The molecule has 7 heterocycles. The van der Waals surface area contributed by atoms with Crippen molar-refractivity contribution in [3.05, 3.63) is 72.3 Å². The molecule has 8 rings (SSSR count). The highest BCUT2D eigenvalue weighted by atomic mass is 16.2. The van der Waals surface area contributed by atoms with Crippen molar-refractivity contribution in [2.75, 3.05) is 5.73 Å². The minimum absolute atomic E-state index is 0.0161. The maximum atomic E-state index is 13.2. The molecule has 3 N–H and O–H groups in total. The van der Waals surface area contributed by atoms with Crippen molar-refractivity contribution in [1.82, 2.24) is 49.4 Å². The molecule has 0 saturated carbocycles. The van der Waals surface area contributed by atoms with Gasteiger partial charge in [0.05, 0.1) is 28.7 Å². The fraction of sp³-hybridized carbons (Fsp3) is 0.290. The van der Waals surface area contributed by atoms with Crippen molar-refractivity contribution in [2.24, 2.45) is 7.05 Å². The van der Waals surface area contributed by atoms with E-state index in [-0.39, 0.29) is 41.3 Å². The molecule has 2 saturated heterocycles. The van der Waals surface area contributed by atoms with Crippen LogP contribution in [0.25, 0.3) is 38.9 Å². The molecule has 2 aliphatic heterocycles. The normalized spacial score (nSPS) is 19.7. The van der Waals surface area contributed by atoms with E-state index in [2.05, 4.69) is 31.4 Å². The summed E-state index contributed by atoms with van der Waals surface area (Å²) in [5.74, 6) is 0.175. The lowest BCUT2D eigenvalue weighted by atomic mass is 9.85. The van der Waals surface area contributed by atoms with Crippen molar-refractivity contribution in [3.63, 3.8) is 0 Å². The SMILES string of the molecule is CC(=O)c1c([C@@H]2C[C@H]3CC[C@@H](C2)N3C(=O)c2nnc[nH]2)nc2c(-c3ccc(-c4ccc5nn(C)cc5c4)nc3)cnn2c1N. The van der Waals surface area contributed by atoms with Gasteiger partial charge in [-0.3, -0.25) is 19.3 Å². The Kier molecular flexibility index (Phi) is 5.83. The number of benzene rings is 1. The summed E-state index contributed by atoms with van der Waals surface area (Å²) in [7, 11) is 1.91. The number of Topliss-reactive ketones (excluding diaryl/α,β-unsaturated/α-hetero) is 1. The number of aryl methyl sites for hydroxylation is 1. The zero-order valence-corrected chi connectivity index (χ0v) is 24.2. The number of aromatic amines is 1. The van der Waals surface area contributed by atoms with Crippen LogP contribution in [0.2, 0.25) is 0 Å². The minimum Gasteiger partial charge on any atom is -0.383 e. The van der Waals surface area contributed by atoms with Gasteiger partial charge in [0.25, 0.3) is 5.91 Å². The van der Waals surface area contributed by atoms with Gasteiger partial charge in [-0.2, -0.15) is 14.7 Å². The van der Waals surface area contributed by atoms with Crippen LogP contribution in [-0.2, 0) is 7.05 Å². The zero-order chi connectivity index (χ0) is 30.1. The van der Waals surface area contributed by atoms with Crippen LogP contribution in [0.3, 0.4) is 0 Å². The molecule has 0 radical (unpaired) electrons. The Morgan fingerprint density at radius 3 is 2.55 bits per heavy atom. The first kappa shape index (κ1) is 26.2. The van der Waals surface area contributed by atoms with Gasteiger partial charge in [0.1, 0.15) is 12.1 Å². The van der Waals surface area contributed by atoms with Crippen molar-refractivity contribution < 1.29 is 9.59 Å². The lowest BCUT2D eigenvalue weighted by Crippen LogP contribution is -2.46. The summed E-state index contributed by atoms with van der Waals surface area (Å²) in [5.41, 5.74) is 12.6. The molecular weight excluding hydrogens is 558 g/mol. The van der Waals surface area contributed by atoms with Gasteiger partial charge in [0.15, 0.2) is 11.4 Å². The van der Waals surface area contributed by atoms with Crippen LogP contribution in [0.1, 0.15) is 65.2 Å². The van der Waals surface area contributed by atoms with Gasteiger partial charge in [0.2, 0.25) is 5.82 Å². The molecule has 220 valence electrons. The summed E-state index contributed by atoms with van der Waals surface area (Å²) in [6.45, 7) is 1.51. The number of hydrogen-bond donors (Lipinski definition) is 2. The van der Waals surface area contributed by atoms with E-state index in [1.54, 1.807) is 10.9 Å². The van der Waals surface area contributed by atoms with Crippen LogP contribution in [0.15, 0.2) is 55.2 Å². The van der Waals surface area contributed by atoms with E-state index < -0.39 is 0 Å². The molecule has 3 atom stereocenters. The number of nitrogen functional groups attached to an aromatic ring is 1. The summed E-state index contributed by atoms with van der Waals surface area (Å²) in [4.78, 5) is 40.7. The highest BCUT2D eigenvalue weighted by Gasteiger charge is 2.45. The quantitative estimate of drug-likeness (QED) is 0.285. The third kappa shape index (κ3) is 4.07. The van der Waals surface area contributed by atoms with E-state index in [1.807, 2.05) is 48.6 Å². The molecule has 1 amide bonds. The molecule has 0 unspecified atom stereocenters. The molecule has 2 fully saturated rings. The number of nitrogens with zero attached hydrogens (tertiary/aromatic N) is 9. The van der Waals surface area contributed by atoms with Crippen LogP contribution in [0.4, 0.5) is 5.82 Å². The molecule has 2 bridgehead atoms. The lowest BCUT2D eigenvalue weighted by molar-refractivity contribution is 0.0556. The molecule has 5 aromatic heterocycles. The average Bonchev–Trinajstić information content (AvgIpc) is 3.81. The fourth-order valence-corrected chi connectivity index (χ4v) is 7.09. The van der Waals surface area contributed by atoms with Crippen molar-refractivity contribution in [3.8, 4) is 22.4 Å². The third-order valence-electron chi connectivity index (χ3n) is 9.03. The largest absolute Gasteiger partial charge is 0.383 e. The Labute approximate surface area is 251 Å². The van der Waals surface area contributed by atoms with E-state index in [1.165, 1.54) is 17.8 Å². The molecule has 0 spiro atoms. The Balaban J connectivity index is 1.14. The monoisotopic (exact) mass is 587 g/mol. The first-order valence-corrected chi connectivity index (χ1v) is 14.6. The van der Waals surface area contributed by atoms with Gasteiger partial charge in [-0.05, 0) is 50.8 Å². The van der Waals surface area contributed by atoms with E-state index in [9.17, 15) is 9.59 Å². The second-order valence-electron chi connectivity index (χ2n) is 11.7. The van der Waals surface area contributed by atoms with Crippen LogP contribution in [0.5, 0.6) is 0 Å². The maximum absolute atomic E-state index is 13.2. The number of nitrogens with one attached hydrogen (secondary N) is 1. The number of fused-ring (bicyclic) bond motifs is 4. The topological polar surface area (TPSA) is 166 Å². The molecule has 13 nitrogen and oxygen atoms in total. The number of carbonyl (C=O) groups excluding carboxylic acids is 2. The molecule has 44 heavy (non-hydrogen) atoms. The second kappa shape index (κ2) is 9.79. The van der Waals surface area contributed by atoms with E-state index in [4.69, 9.17) is 15.7 Å². The number of nitrogens with two attached hydrogens (primary N) is 1. The van der Waals surface area contributed by atoms with Gasteiger partial charge in [0, 0.05) is 59.5 Å². The van der Waals surface area contributed by atoms with Gasteiger partial charge < -0.3 is 15.6 Å². The van der Waals surface area contributed by atoms with Gasteiger partial charge in [-0.1, -0.05) is 12.1 Å². The predicted octanol–water partition coefficient (Wildman–Crippen LogP) is 3.80. The average molecular weight is 588 g/mol. The summed E-state index contributed by atoms with van der Waals surface area (Å²) in [6.07, 6.45) is 10.1. The highest BCUT2D eigenvalue weighted by molar-refractivity contribution is 6.00. The number of H-pyrrole nitrogens is 1. The Hall–Kier alpha value is -5.46. The summed E-state index contributed by atoms with van der Waals surface area (Å²) < 4.78 is 3.34. The standard InChI is InChI=1S/C31H29N11O2/c1-16(43)26-27(19-10-21-5-6-22(11-19)41(21)31(44)29-34-15-35-38-29)37-30-23(13-36-42(30)28(26)32)18-4-7-24(33-12-18)17-3-8-25-20(9-17)14-40(2)39-25/h3-4,7-9,12-15,19,21-22H,5-6,10-11,32H2,1-2H3,(H,34,35,38)/t19-,21-,22+. The highest BCUT2D eigenvalue weighted by Crippen LogP contribution is 2.45. The Morgan fingerprint density at radius 1 is 1.05 bits per heavy atom. The van der Waals surface area contributed by atoms with Crippen molar-refractivity contribution in [2.45, 2.75) is 50.6 Å². The molecular formula is C31H29N11O2. The second-order valence-corrected chi connectivity index (χ2v) is 11.7. The van der Waals surface area contributed by atoms with Crippen LogP contribution in [0, 0.1) is 0 Å². The van der Waals surface area contributed by atoms with Crippen LogP contribution < -0.4 is 5.73 Å². The number of pyridine rings is 1. The van der Waals surface area contributed by atoms with Crippen molar-refractivity contribution >= 4 is 34.1 Å². The van der Waals surface area contributed by atoms with Gasteiger partial charge in [-0.15, -0.1) is 10.2 Å². The first-order valence-electron chi connectivity index (χ1n) is 14.6. The number of ketones is 1. The van der Waals surface area contributed by atoms with Crippen molar-refractivity contribution in [1.29, 1.82) is 0 Å². The number of piperidine rings is 1. The number of amides is 1. The van der Waals surface area contributed by atoms with Gasteiger partial charge >= 0.3 is 0 Å². The molecule has 13 heteroatoms. The minimum atomic E-state index is -0.159. The summed E-state index contributed by atoms with van der Waals surface area (Å²) in [6, 6.07) is 10.1. The fourth-order valence-electron chi connectivity index (χ4n) is 7.09. The maximum Gasteiger partial charge on any atom is 0.292 e. The molecule has 0 aliphatic carbocycles.